The number of hydrogen-bond acceptors (Lipinski definition) is 3. The van der Waals surface area contributed by atoms with Crippen LogP contribution in [0.5, 0.6) is 5.75 Å². The van der Waals surface area contributed by atoms with Gasteiger partial charge in [0.05, 0.1) is 12.1 Å². The Kier molecular flexibility index (Phi) is 6.06. The molecule has 0 radical (unpaired) electrons. The van der Waals surface area contributed by atoms with Crippen molar-refractivity contribution in [2.75, 3.05) is 7.11 Å². The lowest BCUT2D eigenvalue weighted by atomic mass is 10.0. The second kappa shape index (κ2) is 8.04. The molecule has 0 aromatic heterocycles. The first-order valence-corrected chi connectivity index (χ1v) is 7.84. The minimum absolute atomic E-state index is 0.221. The lowest BCUT2D eigenvalue weighted by molar-refractivity contribution is -0.119. The van der Waals surface area contributed by atoms with E-state index in [4.69, 9.17) is 33.7 Å². The van der Waals surface area contributed by atoms with Gasteiger partial charge in [-0.2, -0.15) is 0 Å². The Balaban J connectivity index is 2.12. The van der Waals surface area contributed by atoms with E-state index in [-0.39, 0.29) is 6.42 Å². The maximum Gasteiger partial charge on any atom is 0.251 e. The quantitative estimate of drug-likeness (QED) is 0.824. The van der Waals surface area contributed by atoms with Crippen molar-refractivity contribution in [2.24, 2.45) is 5.73 Å². The summed E-state index contributed by atoms with van der Waals surface area (Å²) in [7, 11) is 1.51. The van der Waals surface area contributed by atoms with E-state index in [2.05, 4.69) is 5.32 Å². The molecular weight excluding hydrogens is 351 g/mol. The topological polar surface area (TPSA) is 81.4 Å². The van der Waals surface area contributed by atoms with E-state index in [1.54, 1.807) is 42.5 Å². The average Bonchev–Trinajstić information content (AvgIpc) is 2.54. The number of rotatable bonds is 6. The molecule has 0 unspecified atom stereocenters. The van der Waals surface area contributed by atoms with Crippen molar-refractivity contribution in [1.29, 1.82) is 0 Å². The van der Waals surface area contributed by atoms with Gasteiger partial charge in [0.25, 0.3) is 5.91 Å². The van der Waals surface area contributed by atoms with E-state index in [1.807, 2.05) is 0 Å². The van der Waals surface area contributed by atoms with Crippen LogP contribution in [0, 0.1) is 0 Å². The number of primary amides is 1. The number of carbonyl (C=O) groups is 2. The van der Waals surface area contributed by atoms with Crippen LogP contribution in [0.25, 0.3) is 0 Å². The summed E-state index contributed by atoms with van der Waals surface area (Å²) >= 11 is 11.9. The smallest absolute Gasteiger partial charge is 0.251 e. The van der Waals surface area contributed by atoms with Gasteiger partial charge in [-0.15, -0.1) is 0 Å². The van der Waals surface area contributed by atoms with Crippen LogP contribution in [0.4, 0.5) is 0 Å². The molecule has 0 aliphatic carbocycles. The molecule has 3 N–H and O–H groups in total. The largest absolute Gasteiger partial charge is 0.495 e. The number of methoxy groups -OCH3 is 1. The number of hydrogen-bond donors (Lipinski definition) is 2. The number of nitrogens with one attached hydrogen (secondary N) is 1. The molecule has 2 amide bonds. The van der Waals surface area contributed by atoms with Gasteiger partial charge in [-0.1, -0.05) is 29.3 Å². The molecule has 2 aromatic carbocycles. The lowest BCUT2D eigenvalue weighted by Gasteiger charge is -2.16. The standard InChI is InChI=1S/C17H16Cl2N2O3/c1-24-15-7-2-10(8-13(15)19)9-14(16(20)22)21-17(23)11-3-5-12(18)6-4-11/h2-8,14H,9H2,1H3,(H2,20,22)(H,21,23)/t14-/m0/s1. The van der Waals surface area contributed by atoms with Crippen molar-refractivity contribution in [3.05, 3.63) is 63.6 Å². The Bertz CT molecular complexity index is 748. The van der Waals surface area contributed by atoms with E-state index < -0.39 is 17.9 Å². The molecule has 0 aliphatic rings. The molecule has 0 fully saturated rings. The lowest BCUT2D eigenvalue weighted by Crippen LogP contribution is -2.45. The maximum atomic E-state index is 12.2. The normalized spacial score (nSPS) is 11.6. The van der Waals surface area contributed by atoms with Crippen LogP contribution in [0.3, 0.4) is 0 Å². The molecule has 0 saturated carbocycles. The van der Waals surface area contributed by atoms with Crippen molar-refractivity contribution in [3.63, 3.8) is 0 Å². The molecule has 0 bridgehead atoms. The Morgan fingerprint density at radius 3 is 2.38 bits per heavy atom. The third kappa shape index (κ3) is 4.63. The van der Waals surface area contributed by atoms with Crippen molar-refractivity contribution in [1.82, 2.24) is 5.32 Å². The van der Waals surface area contributed by atoms with Gasteiger partial charge in [-0.25, -0.2) is 0 Å². The van der Waals surface area contributed by atoms with Crippen LogP contribution in [-0.2, 0) is 11.2 Å². The van der Waals surface area contributed by atoms with E-state index in [1.165, 1.54) is 7.11 Å². The molecule has 0 aliphatic heterocycles. The van der Waals surface area contributed by atoms with Gasteiger partial charge < -0.3 is 15.8 Å². The van der Waals surface area contributed by atoms with Crippen molar-refractivity contribution < 1.29 is 14.3 Å². The molecule has 0 saturated heterocycles. The number of nitrogens with two attached hydrogens (primary N) is 1. The summed E-state index contributed by atoms with van der Waals surface area (Å²) in [6.07, 6.45) is 0.221. The summed E-state index contributed by atoms with van der Waals surface area (Å²) in [5, 5.41) is 3.56. The third-order valence-electron chi connectivity index (χ3n) is 3.41. The average molecular weight is 367 g/mol. The summed E-state index contributed by atoms with van der Waals surface area (Å²) in [4.78, 5) is 23.9. The van der Waals surface area contributed by atoms with Gasteiger partial charge in [0.15, 0.2) is 0 Å². The van der Waals surface area contributed by atoms with E-state index in [0.717, 1.165) is 5.56 Å². The van der Waals surface area contributed by atoms with Crippen LogP contribution < -0.4 is 15.8 Å². The van der Waals surface area contributed by atoms with Gasteiger partial charge in [-0.3, -0.25) is 9.59 Å². The Morgan fingerprint density at radius 1 is 1.17 bits per heavy atom. The molecule has 1 atom stereocenters. The molecular formula is C17H16Cl2N2O3. The monoisotopic (exact) mass is 366 g/mol. The first-order chi connectivity index (χ1) is 11.4. The van der Waals surface area contributed by atoms with Crippen LogP contribution in [0.1, 0.15) is 15.9 Å². The zero-order valence-corrected chi connectivity index (χ0v) is 14.4. The first kappa shape index (κ1) is 18.1. The van der Waals surface area contributed by atoms with E-state index in [0.29, 0.717) is 21.4 Å². The van der Waals surface area contributed by atoms with Gasteiger partial charge in [0, 0.05) is 17.0 Å². The van der Waals surface area contributed by atoms with Gasteiger partial charge in [0.2, 0.25) is 5.91 Å². The minimum atomic E-state index is -0.863. The highest BCUT2D eigenvalue weighted by molar-refractivity contribution is 6.32. The van der Waals surface area contributed by atoms with Crippen LogP contribution >= 0.6 is 23.2 Å². The zero-order valence-electron chi connectivity index (χ0n) is 12.9. The molecule has 7 heteroatoms. The predicted molar refractivity (Wildman–Crippen MR) is 93.6 cm³/mol. The van der Waals surface area contributed by atoms with Crippen molar-refractivity contribution in [3.8, 4) is 5.75 Å². The number of carbonyl (C=O) groups excluding carboxylic acids is 2. The Hall–Kier alpha value is -2.24. The fourth-order valence-electron chi connectivity index (χ4n) is 2.14. The summed E-state index contributed by atoms with van der Waals surface area (Å²) in [5.74, 6) is -0.513. The molecule has 5 nitrogen and oxygen atoms in total. The Morgan fingerprint density at radius 2 is 1.83 bits per heavy atom. The van der Waals surface area contributed by atoms with Crippen LogP contribution in [0.2, 0.25) is 10.0 Å². The van der Waals surface area contributed by atoms with Gasteiger partial charge in [0.1, 0.15) is 11.8 Å². The highest BCUT2D eigenvalue weighted by Crippen LogP contribution is 2.25. The Labute approximate surface area is 149 Å². The highest BCUT2D eigenvalue weighted by atomic mass is 35.5. The van der Waals surface area contributed by atoms with Gasteiger partial charge >= 0.3 is 0 Å². The molecule has 0 heterocycles. The highest BCUT2D eigenvalue weighted by Gasteiger charge is 2.20. The fourth-order valence-corrected chi connectivity index (χ4v) is 2.54. The van der Waals surface area contributed by atoms with E-state index >= 15 is 0 Å². The van der Waals surface area contributed by atoms with Crippen molar-refractivity contribution >= 4 is 35.0 Å². The van der Waals surface area contributed by atoms with Crippen LogP contribution in [-0.4, -0.2) is 25.0 Å². The van der Waals surface area contributed by atoms with Crippen molar-refractivity contribution in [2.45, 2.75) is 12.5 Å². The fraction of sp³-hybridized carbons (Fsp3) is 0.176. The minimum Gasteiger partial charge on any atom is -0.495 e. The summed E-state index contributed by atoms with van der Waals surface area (Å²) in [5.41, 5.74) is 6.54. The third-order valence-corrected chi connectivity index (χ3v) is 3.96. The molecule has 126 valence electrons. The first-order valence-electron chi connectivity index (χ1n) is 7.09. The number of ether oxygens (including phenoxy) is 1. The molecule has 2 aromatic rings. The van der Waals surface area contributed by atoms with Crippen LogP contribution in [0.15, 0.2) is 42.5 Å². The second-order valence-corrected chi connectivity index (χ2v) is 5.95. The SMILES string of the molecule is COc1ccc(C[C@H](NC(=O)c2ccc(Cl)cc2)C(N)=O)cc1Cl. The van der Waals surface area contributed by atoms with Gasteiger partial charge in [-0.05, 0) is 42.0 Å². The number of benzene rings is 2. The molecule has 2 rings (SSSR count). The number of halogens is 2. The molecule has 24 heavy (non-hydrogen) atoms. The second-order valence-electron chi connectivity index (χ2n) is 5.11. The summed E-state index contributed by atoms with van der Waals surface area (Å²) < 4.78 is 5.08. The summed E-state index contributed by atoms with van der Waals surface area (Å²) in [6, 6.07) is 10.6. The maximum absolute atomic E-state index is 12.2. The molecule has 0 spiro atoms. The van der Waals surface area contributed by atoms with E-state index in [9.17, 15) is 9.59 Å². The zero-order chi connectivity index (χ0) is 17.7. The number of amides is 2. The predicted octanol–water partition coefficient (Wildman–Crippen LogP) is 2.83. The summed E-state index contributed by atoms with van der Waals surface area (Å²) in [6.45, 7) is 0.